The number of hydrogen-bond acceptors (Lipinski definition) is 2. The first-order valence-electron chi connectivity index (χ1n) is 7.86. The molecule has 1 aliphatic carbocycles. The molecule has 3 rings (SSSR count). The Morgan fingerprint density at radius 3 is 2.71 bits per heavy atom. The van der Waals surface area contributed by atoms with Gasteiger partial charge in [0.05, 0.1) is 13.2 Å². The van der Waals surface area contributed by atoms with Gasteiger partial charge in [0.1, 0.15) is 0 Å². The van der Waals surface area contributed by atoms with Crippen molar-refractivity contribution in [2.75, 3.05) is 12.4 Å². The first kappa shape index (κ1) is 14.9. The van der Waals surface area contributed by atoms with Crippen LogP contribution in [-0.2, 0) is 18.0 Å². The van der Waals surface area contributed by atoms with E-state index in [2.05, 4.69) is 0 Å². The Morgan fingerprint density at radius 1 is 1.19 bits per heavy atom. The zero-order chi connectivity index (χ0) is 14.7. The van der Waals surface area contributed by atoms with Crippen LogP contribution in [0.15, 0.2) is 18.2 Å². The van der Waals surface area contributed by atoms with Gasteiger partial charge < -0.3 is 9.64 Å². The number of hydrogen-bond donors (Lipinski definition) is 0. The van der Waals surface area contributed by atoms with E-state index in [1.54, 1.807) is 0 Å². The van der Waals surface area contributed by atoms with Crippen LogP contribution in [0.4, 0.5) is 0 Å². The third-order valence-corrected chi connectivity index (χ3v) is 4.74. The molecule has 0 atom stereocenters. The van der Waals surface area contributed by atoms with Crippen molar-refractivity contribution in [1.82, 2.24) is 4.90 Å². The maximum absolute atomic E-state index is 12.9. The van der Waals surface area contributed by atoms with Gasteiger partial charge in [-0.3, -0.25) is 4.79 Å². The van der Waals surface area contributed by atoms with Crippen molar-refractivity contribution in [3.8, 4) is 0 Å². The second-order valence-corrected chi connectivity index (χ2v) is 6.33. The molecule has 0 radical (unpaired) electrons. The van der Waals surface area contributed by atoms with Gasteiger partial charge in [-0.2, -0.15) is 0 Å². The Kier molecular flexibility index (Phi) is 4.81. The highest BCUT2D eigenvalue weighted by Crippen LogP contribution is 2.26. The molecule has 114 valence electrons. The van der Waals surface area contributed by atoms with Crippen LogP contribution in [-0.4, -0.2) is 29.3 Å². The topological polar surface area (TPSA) is 29.5 Å². The van der Waals surface area contributed by atoms with E-state index in [1.807, 2.05) is 23.1 Å². The summed E-state index contributed by atoms with van der Waals surface area (Å²) in [5.41, 5.74) is 3.12. The van der Waals surface area contributed by atoms with Gasteiger partial charge in [-0.05, 0) is 36.1 Å². The van der Waals surface area contributed by atoms with Crippen LogP contribution in [0.2, 0.25) is 0 Å². The Bertz CT molecular complexity index is 512. The Hall–Kier alpha value is -1.06. The van der Waals surface area contributed by atoms with Crippen LogP contribution in [0.5, 0.6) is 0 Å². The van der Waals surface area contributed by atoms with Crippen molar-refractivity contribution in [1.29, 1.82) is 0 Å². The van der Waals surface area contributed by atoms with E-state index >= 15 is 0 Å². The van der Waals surface area contributed by atoms with Gasteiger partial charge >= 0.3 is 0 Å². The number of amides is 1. The molecular weight excluding hydrogens is 286 g/mol. The molecule has 3 nitrogen and oxygen atoms in total. The number of carbonyl (C=O) groups excluding carboxylic acids is 1. The molecule has 0 N–H and O–H groups in total. The number of nitrogens with zero attached hydrogens (tertiary/aromatic N) is 1. The molecule has 21 heavy (non-hydrogen) atoms. The van der Waals surface area contributed by atoms with E-state index < -0.39 is 0 Å². The van der Waals surface area contributed by atoms with E-state index in [0.717, 1.165) is 24.0 Å². The van der Waals surface area contributed by atoms with Gasteiger partial charge in [0.2, 0.25) is 0 Å². The molecule has 1 fully saturated rings. The molecule has 1 aromatic carbocycles. The van der Waals surface area contributed by atoms with E-state index in [4.69, 9.17) is 16.3 Å². The molecule has 1 aromatic rings. The van der Waals surface area contributed by atoms with Crippen molar-refractivity contribution in [3.05, 3.63) is 34.9 Å². The highest BCUT2D eigenvalue weighted by atomic mass is 35.5. The third kappa shape index (κ3) is 3.24. The van der Waals surface area contributed by atoms with E-state index in [1.165, 1.54) is 24.8 Å². The second-order valence-electron chi connectivity index (χ2n) is 5.96. The Balaban J connectivity index is 1.79. The predicted octanol–water partition coefficient (Wildman–Crippen LogP) is 3.73. The van der Waals surface area contributed by atoms with Crippen LogP contribution in [0, 0.1) is 0 Å². The summed E-state index contributed by atoms with van der Waals surface area (Å²) < 4.78 is 5.43. The van der Waals surface area contributed by atoms with Gasteiger partial charge in [0.25, 0.3) is 5.91 Å². The SMILES string of the molecule is O=C(c1ccc2c(c1)COC2)N(CCCl)C1CCCCC1. The molecule has 0 unspecified atom stereocenters. The standard InChI is InChI=1S/C17H22ClNO2/c18-8-9-19(16-4-2-1-3-5-16)17(20)13-6-7-14-11-21-12-15(14)10-13/h6-7,10,16H,1-5,8-9,11-12H2. The van der Waals surface area contributed by atoms with Crippen molar-refractivity contribution < 1.29 is 9.53 Å². The highest BCUT2D eigenvalue weighted by Gasteiger charge is 2.26. The van der Waals surface area contributed by atoms with Crippen molar-refractivity contribution in [2.45, 2.75) is 51.4 Å². The summed E-state index contributed by atoms with van der Waals surface area (Å²) in [5.74, 6) is 0.619. The minimum absolute atomic E-state index is 0.122. The maximum atomic E-state index is 12.9. The fourth-order valence-electron chi connectivity index (χ4n) is 3.40. The molecule has 1 amide bonds. The molecule has 4 heteroatoms. The predicted molar refractivity (Wildman–Crippen MR) is 83.6 cm³/mol. The number of alkyl halides is 1. The second kappa shape index (κ2) is 6.80. The smallest absolute Gasteiger partial charge is 0.254 e. The summed E-state index contributed by atoms with van der Waals surface area (Å²) in [7, 11) is 0. The van der Waals surface area contributed by atoms with Crippen molar-refractivity contribution >= 4 is 17.5 Å². The third-order valence-electron chi connectivity index (χ3n) is 4.57. The number of ether oxygens (including phenoxy) is 1. The zero-order valence-corrected chi connectivity index (χ0v) is 13.1. The van der Waals surface area contributed by atoms with Gasteiger partial charge in [-0.15, -0.1) is 11.6 Å². The number of benzene rings is 1. The lowest BCUT2D eigenvalue weighted by atomic mass is 9.93. The molecule has 0 aromatic heterocycles. The quantitative estimate of drug-likeness (QED) is 0.793. The normalized spacial score (nSPS) is 18.5. The number of rotatable bonds is 4. The van der Waals surface area contributed by atoms with Crippen LogP contribution in [0.25, 0.3) is 0 Å². The first-order chi connectivity index (χ1) is 10.3. The lowest BCUT2D eigenvalue weighted by molar-refractivity contribution is 0.0649. The average molecular weight is 308 g/mol. The van der Waals surface area contributed by atoms with Crippen LogP contribution in [0.3, 0.4) is 0 Å². The Morgan fingerprint density at radius 2 is 1.95 bits per heavy atom. The van der Waals surface area contributed by atoms with Crippen LogP contribution < -0.4 is 0 Å². The van der Waals surface area contributed by atoms with Crippen LogP contribution >= 0.6 is 11.6 Å². The zero-order valence-electron chi connectivity index (χ0n) is 12.3. The van der Waals surface area contributed by atoms with Crippen molar-refractivity contribution in [3.63, 3.8) is 0 Å². The summed E-state index contributed by atoms with van der Waals surface area (Å²) in [5, 5.41) is 0. The van der Waals surface area contributed by atoms with E-state index in [-0.39, 0.29) is 5.91 Å². The summed E-state index contributed by atoms with van der Waals surface area (Å²) in [6, 6.07) is 6.30. The number of halogens is 1. The average Bonchev–Trinajstić information content (AvgIpc) is 3.00. The molecule has 0 bridgehead atoms. The van der Waals surface area contributed by atoms with E-state index in [0.29, 0.717) is 31.7 Å². The van der Waals surface area contributed by atoms with Crippen molar-refractivity contribution in [2.24, 2.45) is 0 Å². The molecule has 0 saturated heterocycles. The molecular formula is C17H22ClNO2. The highest BCUT2D eigenvalue weighted by molar-refractivity contribution is 6.18. The summed E-state index contributed by atoms with van der Waals surface area (Å²) in [6.45, 7) is 1.92. The fourth-order valence-corrected chi connectivity index (χ4v) is 3.59. The molecule has 1 saturated carbocycles. The summed E-state index contributed by atoms with van der Waals surface area (Å²) in [6.07, 6.45) is 5.94. The summed E-state index contributed by atoms with van der Waals surface area (Å²) in [4.78, 5) is 14.9. The van der Waals surface area contributed by atoms with Gasteiger partial charge in [-0.1, -0.05) is 25.3 Å². The fraction of sp³-hybridized carbons (Fsp3) is 0.588. The van der Waals surface area contributed by atoms with Gasteiger partial charge in [0, 0.05) is 24.0 Å². The molecule has 0 spiro atoms. The lowest BCUT2D eigenvalue weighted by Crippen LogP contribution is -2.42. The first-order valence-corrected chi connectivity index (χ1v) is 8.39. The minimum Gasteiger partial charge on any atom is -0.372 e. The minimum atomic E-state index is 0.122. The molecule has 2 aliphatic rings. The largest absolute Gasteiger partial charge is 0.372 e. The van der Waals surface area contributed by atoms with Gasteiger partial charge in [-0.25, -0.2) is 0 Å². The molecule has 1 heterocycles. The molecule has 1 aliphatic heterocycles. The number of fused-ring (bicyclic) bond motifs is 1. The van der Waals surface area contributed by atoms with E-state index in [9.17, 15) is 4.79 Å². The van der Waals surface area contributed by atoms with Gasteiger partial charge in [0.15, 0.2) is 0 Å². The number of carbonyl (C=O) groups is 1. The lowest BCUT2D eigenvalue weighted by Gasteiger charge is -2.34. The monoisotopic (exact) mass is 307 g/mol. The Labute approximate surface area is 131 Å². The van der Waals surface area contributed by atoms with Crippen LogP contribution in [0.1, 0.15) is 53.6 Å². The maximum Gasteiger partial charge on any atom is 0.254 e. The summed E-state index contributed by atoms with van der Waals surface area (Å²) >= 11 is 5.93.